The van der Waals surface area contributed by atoms with E-state index in [1.54, 1.807) is 31.4 Å². The van der Waals surface area contributed by atoms with Crippen molar-refractivity contribution in [2.24, 2.45) is 5.41 Å². The fraction of sp³-hybridized carbons (Fsp3) is 0.393. The molecule has 2 aromatic carbocycles. The number of nitrogens with zero attached hydrogens (tertiary/aromatic N) is 2. The van der Waals surface area contributed by atoms with Crippen molar-refractivity contribution in [2.45, 2.75) is 44.6 Å². The third-order valence-corrected chi connectivity index (χ3v) is 7.25. The number of hydrogen-bond acceptors (Lipinski definition) is 6. The Bertz CT molecular complexity index is 1260. The van der Waals surface area contributed by atoms with Crippen LogP contribution in [0.25, 0.3) is 4.85 Å². The van der Waals surface area contributed by atoms with E-state index >= 15 is 0 Å². The van der Waals surface area contributed by atoms with E-state index in [0.29, 0.717) is 18.7 Å². The summed E-state index contributed by atoms with van der Waals surface area (Å²) in [5, 5.41) is 2.90. The molecular formula is C28H29N3O6. The molecule has 1 aliphatic carbocycles. The van der Waals surface area contributed by atoms with Gasteiger partial charge in [-0.3, -0.25) is 14.4 Å². The summed E-state index contributed by atoms with van der Waals surface area (Å²) in [5.74, 6) is -1.66. The van der Waals surface area contributed by atoms with Gasteiger partial charge >= 0.3 is 5.97 Å². The van der Waals surface area contributed by atoms with Crippen LogP contribution >= 0.6 is 0 Å². The van der Waals surface area contributed by atoms with Crippen LogP contribution < -0.4 is 10.2 Å². The Labute approximate surface area is 215 Å². The van der Waals surface area contributed by atoms with E-state index in [2.05, 4.69) is 10.2 Å². The zero-order chi connectivity index (χ0) is 26.6. The molecule has 1 atom stereocenters. The second-order valence-corrected chi connectivity index (χ2v) is 9.44. The minimum Gasteiger partial charge on any atom is -0.467 e. The van der Waals surface area contributed by atoms with Crippen molar-refractivity contribution in [3.05, 3.63) is 70.6 Å². The number of ether oxygens (including phenoxy) is 2. The number of imide groups is 1. The van der Waals surface area contributed by atoms with Crippen LogP contribution in [0, 0.1) is 12.0 Å². The zero-order valence-electron chi connectivity index (χ0n) is 20.9. The molecule has 0 bridgehead atoms. The lowest BCUT2D eigenvalue weighted by Crippen LogP contribution is -2.49. The molecule has 9 nitrogen and oxygen atoms in total. The molecule has 4 rings (SSSR count). The fourth-order valence-electron chi connectivity index (χ4n) is 5.14. The van der Waals surface area contributed by atoms with Gasteiger partial charge in [-0.2, -0.15) is 0 Å². The molecule has 9 heteroatoms. The van der Waals surface area contributed by atoms with Crippen LogP contribution in [0.5, 0.6) is 0 Å². The lowest BCUT2D eigenvalue weighted by Gasteiger charge is -2.29. The molecule has 1 aliphatic heterocycles. The molecule has 3 amide bonds. The summed E-state index contributed by atoms with van der Waals surface area (Å²) in [6, 6.07) is 10.2. The first-order valence-corrected chi connectivity index (χ1v) is 12.2. The highest BCUT2D eigenvalue weighted by atomic mass is 16.5. The second kappa shape index (κ2) is 10.9. The van der Waals surface area contributed by atoms with Gasteiger partial charge in [-0.15, -0.1) is 0 Å². The number of amides is 3. The van der Waals surface area contributed by atoms with Gasteiger partial charge in [-0.05, 0) is 43.0 Å². The largest absolute Gasteiger partial charge is 0.467 e. The van der Waals surface area contributed by atoms with Crippen molar-refractivity contribution in [3.8, 4) is 0 Å². The molecule has 2 aromatic rings. The highest BCUT2D eigenvalue weighted by Crippen LogP contribution is 2.41. The Kier molecular flexibility index (Phi) is 7.69. The molecule has 1 unspecified atom stereocenters. The number of carbonyl (C=O) groups is 4. The standard InChI is InChI=1S/C28H29N3O6/c1-29-19-8-11-21-22(17-19)25(33)31(24(21)32)20-9-6-18(7-10-20)16-23(26(34)37-3)30-27(35)28(14-15-36-2)12-4-5-13-28/h6-11,17,23H,4-5,12-16H2,2-3H3,(H,30,35). The first kappa shape index (κ1) is 26.0. The summed E-state index contributed by atoms with van der Waals surface area (Å²) in [6.07, 6.45) is 4.20. The summed E-state index contributed by atoms with van der Waals surface area (Å²) >= 11 is 0. The number of esters is 1. The average molecular weight is 504 g/mol. The normalized spacial score (nSPS) is 16.7. The van der Waals surface area contributed by atoms with Crippen molar-refractivity contribution in [1.29, 1.82) is 0 Å². The summed E-state index contributed by atoms with van der Waals surface area (Å²) < 4.78 is 10.2. The molecule has 1 N–H and O–H groups in total. The second-order valence-electron chi connectivity index (χ2n) is 9.44. The van der Waals surface area contributed by atoms with Crippen LogP contribution in [-0.4, -0.2) is 50.6 Å². The van der Waals surface area contributed by atoms with Crippen LogP contribution in [0.2, 0.25) is 0 Å². The van der Waals surface area contributed by atoms with Gasteiger partial charge < -0.3 is 14.8 Å². The number of hydrogen-bond donors (Lipinski definition) is 1. The van der Waals surface area contributed by atoms with E-state index in [4.69, 9.17) is 16.0 Å². The molecule has 1 fully saturated rings. The fourth-order valence-corrected chi connectivity index (χ4v) is 5.14. The number of nitrogens with one attached hydrogen (secondary N) is 1. The van der Waals surface area contributed by atoms with Gasteiger partial charge in [-0.25, -0.2) is 14.5 Å². The van der Waals surface area contributed by atoms with E-state index < -0.39 is 29.2 Å². The van der Waals surface area contributed by atoms with Gasteiger partial charge in [0.25, 0.3) is 11.8 Å². The van der Waals surface area contributed by atoms with Gasteiger partial charge in [0.1, 0.15) is 6.04 Å². The summed E-state index contributed by atoms with van der Waals surface area (Å²) in [5.41, 5.74) is 1.29. The summed E-state index contributed by atoms with van der Waals surface area (Å²) in [6.45, 7) is 7.61. The van der Waals surface area contributed by atoms with Crippen LogP contribution in [0.15, 0.2) is 42.5 Å². The molecule has 1 heterocycles. The van der Waals surface area contributed by atoms with Gasteiger partial charge in [-0.1, -0.05) is 37.1 Å². The number of fused-ring (bicyclic) bond motifs is 1. The minimum absolute atomic E-state index is 0.168. The Morgan fingerprint density at radius 2 is 1.73 bits per heavy atom. The SMILES string of the molecule is [C-]#[N+]c1ccc2c(c1)C(=O)N(c1ccc(CC(NC(=O)C3(CCOC)CCCC3)C(=O)OC)cc1)C2=O. The molecule has 37 heavy (non-hydrogen) atoms. The summed E-state index contributed by atoms with van der Waals surface area (Å²) in [7, 11) is 2.89. The van der Waals surface area contributed by atoms with E-state index in [-0.39, 0.29) is 29.1 Å². The number of benzene rings is 2. The molecule has 0 radical (unpaired) electrons. The molecule has 192 valence electrons. The summed E-state index contributed by atoms with van der Waals surface area (Å²) in [4.78, 5) is 56.0. The van der Waals surface area contributed by atoms with Gasteiger partial charge in [0.15, 0.2) is 5.69 Å². The van der Waals surface area contributed by atoms with Gasteiger partial charge in [0.2, 0.25) is 5.91 Å². The number of methoxy groups -OCH3 is 2. The van der Waals surface area contributed by atoms with E-state index in [1.165, 1.54) is 25.3 Å². The molecule has 0 saturated heterocycles. The Morgan fingerprint density at radius 1 is 1.05 bits per heavy atom. The van der Waals surface area contributed by atoms with Crippen molar-refractivity contribution in [3.63, 3.8) is 0 Å². The molecular weight excluding hydrogens is 474 g/mol. The van der Waals surface area contributed by atoms with Crippen LogP contribution in [0.4, 0.5) is 11.4 Å². The van der Waals surface area contributed by atoms with Crippen LogP contribution in [-0.2, 0) is 25.5 Å². The van der Waals surface area contributed by atoms with Gasteiger partial charge in [0, 0.05) is 25.7 Å². The Hall–Kier alpha value is -4.03. The maximum Gasteiger partial charge on any atom is 0.328 e. The van der Waals surface area contributed by atoms with Crippen LogP contribution in [0.3, 0.4) is 0 Å². The highest BCUT2D eigenvalue weighted by Gasteiger charge is 2.42. The lowest BCUT2D eigenvalue weighted by molar-refractivity contribution is -0.146. The predicted molar refractivity (Wildman–Crippen MR) is 135 cm³/mol. The topological polar surface area (TPSA) is 106 Å². The average Bonchev–Trinajstić information content (AvgIpc) is 3.50. The highest BCUT2D eigenvalue weighted by molar-refractivity contribution is 6.34. The number of rotatable bonds is 9. The number of anilines is 1. The van der Waals surface area contributed by atoms with Crippen molar-refractivity contribution in [1.82, 2.24) is 5.32 Å². The maximum atomic E-state index is 13.3. The maximum absolute atomic E-state index is 13.3. The molecule has 0 aromatic heterocycles. The van der Waals surface area contributed by atoms with Crippen molar-refractivity contribution < 1.29 is 28.7 Å². The van der Waals surface area contributed by atoms with Gasteiger partial charge in [0.05, 0.1) is 30.3 Å². The monoisotopic (exact) mass is 503 g/mol. The van der Waals surface area contributed by atoms with E-state index in [1.807, 2.05) is 0 Å². The van der Waals surface area contributed by atoms with Crippen molar-refractivity contribution in [2.75, 3.05) is 25.7 Å². The van der Waals surface area contributed by atoms with E-state index in [9.17, 15) is 19.2 Å². The minimum atomic E-state index is -0.880. The first-order chi connectivity index (χ1) is 17.8. The Morgan fingerprint density at radius 3 is 2.35 bits per heavy atom. The predicted octanol–water partition coefficient (Wildman–Crippen LogP) is 3.84. The van der Waals surface area contributed by atoms with Crippen molar-refractivity contribution >= 4 is 35.1 Å². The third kappa shape index (κ3) is 5.11. The van der Waals surface area contributed by atoms with Crippen LogP contribution in [0.1, 0.15) is 58.4 Å². The molecule has 0 spiro atoms. The Balaban J connectivity index is 1.50. The third-order valence-electron chi connectivity index (χ3n) is 7.25. The molecule has 1 saturated carbocycles. The lowest BCUT2D eigenvalue weighted by atomic mass is 9.81. The number of carbonyl (C=O) groups excluding carboxylic acids is 4. The zero-order valence-corrected chi connectivity index (χ0v) is 20.9. The smallest absolute Gasteiger partial charge is 0.328 e. The molecule has 2 aliphatic rings. The first-order valence-electron chi connectivity index (χ1n) is 12.2. The van der Waals surface area contributed by atoms with E-state index in [0.717, 1.165) is 36.1 Å². The quantitative estimate of drug-likeness (QED) is 0.317.